The summed E-state index contributed by atoms with van der Waals surface area (Å²) in [5.74, 6) is -0.872. The van der Waals surface area contributed by atoms with Gasteiger partial charge in [0.2, 0.25) is 0 Å². The molecule has 2 N–H and O–H groups in total. The molecule has 4 nitrogen and oxygen atoms in total. The molecule has 1 heterocycles. The fourth-order valence-electron chi connectivity index (χ4n) is 6.31. The van der Waals surface area contributed by atoms with Crippen molar-refractivity contribution in [2.45, 2.75) is 61.3 Å². The van der Waals surface area contributed by atoms with Gasteiger partial charge in [-0.15, -0.1) is 0 Å². The molecule has 4 heteroatoms. The van der Waals surface area contributed by atoms with E-state index in [2.05, 4.69) is 0 Å². The van der Waals surface area contributed by atoms with Crippen LogP contribution < -0.4 is 0 Å². The smallest absolute Gasteiger partial charge is 0.169 e. The SMILES string of the molecule is OC(c1ccccc1)(c1ccccc1)[C@@H]1OC2(CCCCC2)O[C@@H]1C(O)(c1ccccc1)c1ccccc1. The van der Waals surface area contributed by atoms with Crippen LogP contribution in [-0.4, -0.2) is 28.2 Å². The normalized spacial score (nSPS) is 21.4. The summed E-state index contributed by atoms with van der Waals surface area (Å²) < 4.78 is 13.9. The molecule has 6 rings (SSSR count). The fourth-order valence-corrected chi connectivity index (χ4v) is 6.31. The molecule has 38 heavy (non-hydrogen) atoms. The Bertz CT molecular complexity index is 1140. The zero-order chi connectivity index (χ0) is 26.1. The largest absolute Gasteiger partial charge is 0.378 e. The number of rotatable bonds is 6. The van der Waals surface area contributed by atoms with E-state index in [9.17, 15) is 10.2 Å². The molecular formula is C34H34O4. The van der Waals surface area contributed by atoms with Gasteiger partial charge >= 0.3 is 0 Å². The van der Waals surface area contributed by atoms with E-state index < -0.39 is 29.2 Å². The average Bonchev–Trinajstić information content (AvgIpc) is 3.37. The Hall–Kier alpha value is -3.28. The summed E-state index contributed by atoms with van der Waals surface area (Å²) in [5, 5.41) is 25.8. The molecule has 1 saturated heterocycles. The molecule has 1 aliphatic heterocycles. The van der Waals surface area contributed by atoms with Crippen LogP contribution >= 0.6 is 0 Å². The van der Waals surface area contributed by atoms with E-state index in [4.69, 9.17) is 9.47 Å². The van der Waals surface area contributed by atoms with Crippen LogP contribution in [0.25, 0.3) is 0 Å². The van der Waals surface area contributed by atoms with Crippen molar-refractivity contribution < 1.29 is 19.7 Å². The van der Waals surface area contributed by atoms with Crippen LogP contribution in [0.2, 0.25) is 0 Å². The van der Waals surface area contributed by atoms with Gasteiger partial charge in [-0.2, -0.15) is 0 Å². The number of hydrogen-bond acceptors (Lipinski definition) is 4. The van der Waals surface area contributed by atoms with E-state index in [0.29, 0.717) is 22.3 Å². The Labute approximate surface area is 224 Å². The molecule has 194 valence electrons. The summed E-state index contributed by atoms with van der Waals surface area (Å²) >= 11 is 0. The Balaban J connectivity index is 1.59. The lowest BCUT2D eigenvalue weighted by Crippen LogP contribution is -2.54. The Morgan fingerprint density at radius 2 is 0.763 bits per heavy atom. The summed E-state index contributed by atoms with van der Waals surface area (Å²) in [6.07, 6.45) is 2.73. The zero-order valence-electron chi connectivity index (χ0n) is 21.4. The molecule has 0 unspecified atom stereocenters. The lowest BCUT2D eigenvalue weighted by Gasteiger charge is -2.42. The van der Waals surface area contributed by atoms with Crippen LogP contribution in [0.15, 0.2) is 121 Å². The van der Waals surface area contributed by atoms with Gasteiger partial charge in [0.05, 0.1) is 0 Å². The summed E-state index contributed by atoms with van der Waals surface area (Å²) in [4.78, 5) is 0. The Kier molecular flexibility index (Phi) is 6.67. The van der Waals surface area contributed by atoms with Gasteiger partial charge in [0.1, 0.15) is 23.4 Å². The molecule has 0 amide bonds. The van der Waals surface area contributed by atoms with Crippen LogP contribution in [0.5, 0.6) is 0 Å². The van der Waals surface area contributed by atoms with Crippen molar-refractivity contribution in [2.24, 2.45) is 0 Å². The average molecular weight is 507 g/mol. The predicted molar refractivity (Wildman–Crippen MR) is 147 cm³/mol. The molecule has 2 aliphatic rings. The van der Waals surface area contributed by atoms with Gasteiger partial charge in [0.15, 0.2) is 5.79 Å². The van der Waals surface area contributed by atoms with Gasteiger partial charge in [0, 0.05) is 12.8 Å². The van der Waals surface area contributed by atoms with Crippen LogP contribution in [0, 0.1) is 0 Å². The molecule has 2 atom stereocenters. The van der Waals surface area contributed by atoms with Crippen LogP contribution in [0.4, 0.5) is 0 Å². The highest BCUT2D eigenvalue weighted by molar-refractivity contribution is 5.43. The van der Waals surface area contributed by atoms with E-state index in [-0.39, 0.29) is 0 Å². The molecule has 0 bridgehead atoms. The number of hydrogen-bond donors (Lipinski definition) is 2. The first kappa shape index (κ1) is 25.0. The lowest BCUT2D eigenvalue weighted by atomic mass is 9.72. The van der Waals surface area contributed by atoms with E-state index >= 15 is 0 Å². The van der Waals surface area contributed by atoms with Gasteiger partial charge < -0.3 is 19.7 Å². The molecule has 0 aromatic heterocycles. The highest BCUT2D eigenvalue weighted by Crippen LogP contribution is 2.53. The molecule has 2 fully saturated rings. The first-order chi connectivity index (χ1) is 18.6. The third-order valence-corrected chi connectivity index (χ3v) is 8.25. The summed E-state index contributed by atoms with van der Waals surface area (Å²) in [7, 11) is 0. The Morgan fingerprint density at radius 1 is 0.474 bits per heavy atom. The van der Waals surface area contributed by atoms with E-state index in [1.54, 1.807) is 0 Å². The first-order valence-corrected chi connectivity index (χ1v) is 13.6. The maximum Gasteiger partial charge on any atom is 0.169 e. The highest BCUT2D eigenvalue weighted by atomic mass is 16.8. The van der Waals surface area contributed by atoms with Gasteiger partial charge in [0.25, 0.3) is 0 Å². The van der Waals surface area contributed by atoms with Crippen molar-refractivity contribution >= 4 is 0 Å². The quantitative estimate of drug-likeness (QED) is 0.322. The molecule has 1 saturated carbocycles. The maximum absolute atomic E-state index is 12.9. The lowest BCUT2D eigenvalue weighted by molar-refractivity contribution is -0.213. The van der Waals surface area contributed by atoms with Gasteiger partial charge in [-0.25, -0.2) is 0 Å². The van der Waals surface area contributed by atoms with Crippen LogP contribution in [0.1, 0.15) is 54.4 Å². The molecule has 4 aromatic rings. The second kappa shape index (κ2) is 10.1. The van der Waals surface area contributed by atoms with Crippen molar-refractivity contribution in [2.75, 3.05) is 0 Å². The van der Waals surface area contributed by atoms with Crippen molar-refractivity contribution in [3.8, 4) is 0 Å². The second-order valence-electron chi connectivity index (χ2n) is 10.5. The van der Waals surface area contributed by atoms with Crippen molar-refractivity contribution in [1.29, 1.82) is 0 Å². The molecular weight excluding hydrogens is 472 g/mol. The second-order valence-corrected chi connectivity index (χ2v) is 10.5. The van der Waals surface area contributed by atoms with E-state index in [1.165, 1.54) is 0 Å². The molecule has 4 aromatic carbocycles. The highest BCUT2D eigenvalue weighted by Gasteiger charge is 2.63. The molecule has 1 spiro atoms. The summed E-state index contributed by atoms with van der Waals surface area (Å²) in [6, 6.07) is 38.5. The monoisotopic (exact) mass is 506 g/mol. The van der Waals surface area contributed by atoms with Gasteiger partial charge in [-0.1, -0.05) is 128 Å². The minimum atomic E-state index is -1.58. The van der Waals surface area contributed by atoms with Crippen LogP contribution in [0.3, 0.4) is 0 Å². The maximum atomic E-state index is 12.9. The van der Waals surface area contributed by atoms with Crippen LogP contribution in [-0.2, 0) is 20.7 Å². The van der Waals surface area contributed by atoms with Gasteiger partial charge in [-0.3, -0.25) is 0 Å². The van der Waals surface area contributed by atoms with Gasteiger partial charge in [-0.05, 0) is 35.1 Å². The minimum absolute atomic E-state index is 0.695. The predicted octanol–water partition coefficient (Wildman–Crippen LogP) is 6.30. The fraction of sp³-hybridized carbons (Fsp3) is 0.294. The molecule has 0 radical (unpaired) electrons. The third-order valence-electron chi connectivity index (χ3n) is 8.25. The van der Waals surface area contributed by atoms with Crippen molar-refractivity contribution in [1.82, 2.24) is 0 Å². The number of ether oxygens (including phenoxy) is 2. The first-order valence-electron chi connectivity index (χ1n) is 13.6. The van der Waals surface area contributed by atoms with Crippen molar-refractivity contribution in [3.05, 3.63) is 144 Å². The standard InChI is InChI=1S/C34H34O4/c35-33(26-16-6-1-7-17-26,27-18-8-2-9-19-27)30-31(38-32(37-30)24-14-5-15-25-32)34(36,28-20-10-3-11-21-28)29-22-12-4-13-23-29/h1-4,6-13,16-23,30-31,35-36H,5,14-15,24-25H2/t30-,31+. The number of benzene rings is 4. The minimum Gasteiger partial charge on any atom is -0.378 e. The Morgan fingerprint density at radius 3 is 1.05 bits per heavy atom. The topological polar surface area (TPSA) is 58.9 Å². The summed E-state index contributed by atoms with van der Waals surface area (Å²) in [5.41, 5.74) is -0.373. The van der Waals surface area contributed by atoms with Crippen molar-refractivity contribution in [3.63, 3.8) is 0 Å². The number of aliphatic hydroxyl groups is 2. The third kappa shape index (κ3) is 4.18. The zero-order valence-corrected chi connectivity index (χ0v) is 21.4. The van der Waals surface area contributed by atoms with E-state index in [1.807, 2.05) is 121 Å². The molecule has 1 aliphatic carbocycles. The van der Waals surface area contributed by atoms with E-state index in [0.717, 1.165) is 32.1 Å². The summed E-state index contributed by atoms with van der Waals surface area (Å²) in [6.45, 7) is 0.